The number of aliphatic hydroxyl groups excluding tert-OH is 1. The number of nitrogens with zero attached hydrogens (tertiary/aromatic N) is 5. The molecule has 11 heteroatoms. The second kappa shape index (κ2) is 8.21. The van der Waals surface area contributed by atoms with Crippen LogP contribution in [0.5, 0.6) is 5.75 Å². The predicted octanol–water partition coefficient (Wildman–Crippen LogP) is 3.52. The zero-order valence-corrected chi connectivity index (χ0v) is 19.0. The number of carbonyl (C=O) groups excluding carboxylic acids is 2. The number of carbonyl (C=O) groups is 2. The molecule has 0 radical (unpaired) electrons. The van der Waals surface area contributed by atoms with Crippen LogP contribution in [0.25, 0.3) is 27.5 Å². The number of aromatic hydroxyl groups is 1. The Morgan fingerprint density at radius 1 is 0.865 bits per heavy atom. The first-order valence-electron chi connectivity index (χ1n) is 11.3. The average molecular weight is 495 g/mol. The molecule has 0 bridgehead atoms. The van der Waals surface area contributed by atoms with Gasteiger partial charge in [0.05, 0.1) is 16.0 Å². The van der Waals surface area contributed by atoms with Gasteiger partial charge in [-0.05, 0) is 54.4 Å². The van der Waals surface area contributed by atoms with Gasteiger partial charge in [0, 0.05) is 29.2 Å². The van der Waals surface area contributed by atoms with Crippen LogP contribution in [-0.2, 0) is 6.42 Å². The van der Waals surface area contributed by atoms with Gasteiger partial charge in [-0.25, -0.2) is 4.90 Å². The smallest absolute Gasteiger partial charge is 0.277 e. The van der Waals surface area contributed by atoms with Gasteiger partial charge in [-0.3, -0.25) is 19.7 Å². The van der Waals surface area contributed by atoms with E-state index in [1.165, 1.54) is 41.2 Å². The number of imide groups is 1. The molecule has 1 aromatic heterocycles. The number of fused-ring (bicyclic) bond motifs is 1. The van der Waals surface area contributed by atoms with Crippen molar-refractivity contribution >= 4 is 45.0 Å². The van der Waals surface area contributed by atoms with Crippen LogP contribution in [0.3, 0.4) is 0 Å². The molecule has 0 aliphatic carbocycles. The van der Waals surface area contributed by atoms with E-state index < -0.39 is 22.5 Å². The van der Waals surface area contributed by atoms with Crippen molar-refractivity contribution in [3.63, 3.8) is 0 Å². The molecule has 182 valence electrons. The molecule has 0 unspecified atom stereocenters. The number of nitro benzene ring substituents is 1. The van der Waals surface area contributed by atoms with Crippen LogP contribution < -0.4 is 4.90 Å². The third kappa shape index (κ3) is 3.32. The number of hydrogen-bond donors (Lipinski definition) is 2. The van der Waals surface area contributed by atoms with Gasteiger partial charge in [0.2, 0.25) is 0 Å². The third-order valence-electron chi connectivity index (χ3n) is 6.35. The molecular weight excluding hydrogens is 478 g/mol. The number of phenols is 1. The normalized spacial score (nSPS) is 13.1. The number of benzene rings is 4. The molecule has 37 heavy (non-hydrogen) atoms. The maximum Gasteiger partial charge on any atom is 0.277 e. The van der Waals surface area contributed by atoms with Crippen LogP contribution in [0, 0.1) is 10.1 Å². The van der Waals surface area contributed by atoms with Crippen LogP contribution >= 0.6 is 0 Å². The first kappa shape index (κ1) is 22.3. The Kier molecular flexibility index (Phi) is 4.95. The summed E-state index contributed by atoms with van der Waals surface area (Å²) in [5.41, 5.74) is 1.64. The first-order chi connectivity index (χ1) is 17.9. The van der Waals surface area contributed by atoms with Crippen LogP contribution in [0.15, 0.2) is 66.7 Å². The number of phenolic OH excluding ortho intramolecular Hbond substituents is 1. The maximum atomic E-state index is 13.6. The summed E-state index contributed by atoms with van der Waals surface area (Å²) < 4.78 is 0. The molecule has 0 atom stereocenters. The summed E-state index contributed by atoms with van der Waals surface area (Å²) in [6.07, 6.45) is 0.176. The van der Waals surface area contributed by atoms with E-state index in [-0.39, 0.29) is 52.0 Å². The summed E-state index contributed by atoms with van der Waals surface area (Å²) in [6, 6.07) is 17.1. The molecule has 0 saturated heterocycles. The monoisotopic (exact) mass is 495 g/mol. The van der Waals surface area contributed by atoms with Crippen molar-refractivity contribution in [3.05, 3.63) is 93.5 Å². The Labute approximate surface area is 207 Å². The molecule has 1 aliphatic rings. The van der Waals surface area contributed by atoms with Crippen molar-refractivity contribution in [2.45, 2.75) is 6.42 Å². The number of aromatic nitrogens is 3. The van der Waals surface area contributed by atoms with Crippen molar-refractivity contribution in [2.24, 2.45) is 0 Å². The zero-order valence-electron chi connectivity index (χ0n) is 19.0. The van der Waals surface area contributed by atoms with Crippen molar-refractivity contribution in [1.29, 1.82) is 0 Å². The summed E-state index contributed by atoms with van der Waals surface area (Å²) in [7, 11) is 0. The summed E-state index contributed by atoms with van der Waals surface area (Å²) in [6.45, 7) is -0.216. The van der Waals surface area contributed by atoms with Gasteiger partial charge in [0.1, 0.15) is 16.7 Å². The number of rotatable bonds is 5. The largest absolute Gasteiger partial charge is 0.504 e. The molecule has 5 aromatic rings. The number of anilines is 1. The number of non-ortho nitro benzene ring substituents is 1. The average Bonchev–Trinajstić information content (AvgIpc) is 3.32. The molecule has 2 heterocycles. The van der Waals surface area contributed by atoms with Crippen LogP contribution in [0.4, 0.5) is 11.4 Å². The molecule has 2 amide bonds. The van der Waals surface area contributed by atoms with E-state index in [1.54, 1.807) is 30.3 Å². The van der Waals surface area contributed by atoms with E-state index in [9.17, 15) is 29.9 Å². The fraction of sp³-hybridized carbons (Fsp3) is 0.0769. The predicted molar refractivity (Wildman–Crippen MR) is 133 cm³/mol. The zero-order chi connectivity index (χ0) is 25.8. The Balaban J connectivity index is 1.57. The van der Waals surface area contributed by atoms with E-state index in [1.807, 2.05) is 0 Å². The highest BCUT2D eigenvalue weighted by Crippen LogP contribution is 2.41. The van der Waals surface area contributed by atoms with E-state index in [2.05, 4.69) is 10.2 Å². The van der Waals surface area contributed by atoms with Crippen molar-refractivity contribution in [3.8, 4) is 11.4 Å². The fourth-order valence-electron chi connectivity index (χ4n) is 4.68. The maximum absolute atomic E-state index is 13.6. The highest BCUT2D eigenvalue weighted by atomic mass is 16.6. The Morgan fingerprint density at radius 2 is 1.51 bits per heavy atom. The lowest BCUT2D eigenvalue weighted by molar-refractivity contribution is -0.383. The minimum absolute atomic E-state index is 0.0901. The molecule has 0 fully saturated rings. The van der Waals surface area contributed by atoms with E-state index in [0.717, 1.165) is 4.90 Å². The first-order valence-corrected chi connectivity index (χ1v) is 11.3. The van der Waals surface area contributed by atoms with Crippen LogP contribution in [-0.4, -0.2) is 48.6 Å². The minimum Gasteiger partial charge on any atom is -0.504 e. The molecule has 1 aliphatic heterocycles. The summed E-state index contributed by atoms with van der Waals surface area (Å²) in [4.78, 5) is 40.3. The van der Waals surface area contributed by atoms with E-state index >= 15 is 0 Å². The number of amides is 2. The molecule has 6 rings (SSSR count). The molecule has 2 N–H and O–H groups in total. The highest BCUT2D eigenvalue weighted by molar-refractivity contribution is 6.36. The van der Waals surface area contributed by atoms with Gasteiger partial charge in [-0.1, -0.05) is 18.2 Å². The second-order valence-corrected chi connectivity index (χ2v) is 8.50. The molecule has 0 saturated carbocycles. The van der Waals surface area contributed by atoms with E-state index in [4.69, 9.17) is 0 Å². The minimum atomic E-state index is -0.746. The number of hydrogen-bond acceptors (Lipinski definition) is 8. The Morgan fingerprint density at radius 3 is 2.16 bits per heavy atom. The summed E-state index contributed by atoms with van der Waals surface area (Å²) >= 11 is 0. The van der Waals surface area contributed by atoms with Crippen LogP contribution in [0.1, 0.15) is 26.3 Å². The Bertz CT molecular complexity index is 1740. The van der Waals surface area contributed by atoms with Gasteiger partial charge < -0.3 is 10.2 Å². The standard InChI is InChI=1S/C26H17N5O6/c32-11-10-14-12-21(24(33)22(13-14)30-27-18-6-1-2-7-19(18)28-30)29-25(34)16-5-3-4-15-20(31(36)37)9-8-17(23(15)16)26(29)35/h1-9,12-13,32-33H,10-11H2. The van der Waals surface area contributed by atoms with Crippen molar-refractivity contribution < 1.29 is 24.7 Å². The second-order valence-electron chi connectivity index (χ2n) is 8.50. The molecular formula is C26H17N5O6. The lowest BCUT2D eigenvalue weighted by Crippen LogP contribution is -2.40. The Hall–Kier alpha value is -5.16. The summed E-state index contributed by atoms with van der Waals surface area (Å²) in [5.74, 6) is -1.91. The van der Waals surface area contributed by atoms with Crippen molar-refractivity contribution in [1.82, 2.24) is 15.0 Å². The third-order valence-corrected chi connectivity index (χ3v) is 6.35. The number of aliphatic hydroxyl groups is 1. The number of nitro groups is 1. The lowest BCUT2D eigenvalue weighted by Gasteiger charge is -2.28. The van der Waals surface area contributed by atoms with Gasteiger partial charge in [0.15, 0.2) is 5.75 Å². The van der Waals surface area contributed by atoms with Gasteiger partial charge in [0.25, 0.3) is 17.5 Å². The van der Waals surface area contributed by atoms with E-state index in [0.29, 0.717) is 16.6 Å². The highest BCUT2D eigenvalue weighted by Gasteiger charge is 2.37. The van der Waals surface area contributed by atoms with Crippen LogP contribution in [0.2, 0.25) is 0 Å². The molecule has 0 spiro atoms. The van der Waals surface area contributed by atoms with Gasteiger partial charge >= 0.3 is 0 Å². The quantitative estimate of drug-likeness (QED) is 0.213. The van der Waals surface area contributed by atoms with Gasteiger partial charge in [-0.15, -0.1) is 15.0 Å². The SMILES string of the molecule is O=C1c2cccc3c([N+](=O)[O-])ccc(c23)C(=O)N1c1cc(CCO)cc(-n2nc3ccccc3n2)c1O. The lowest BCUT2D eigenvalue weighted by atomic mass is 9.92. The topological polar surface area (TPSA) is 152 Å². The fourth-order valence-corrected chi connectivity index (χ4v) is 4.68. The molecule has 11 nitrogen and oxygen atoms in total. The molecule has 4 aromatic carbocycles. The summed E-state index contributed by atoms with van der Waals surface area (Å²) in [5, 5.41) is 41.6. The van der Waals surface area contributed by atoms with Crippen molar-refractivity contribution in [2.75, 3.05) is 11.5 Å². The van der Waals surface area contributed by atoms with Gasteiger partial charge in [-0.2, -0.15) is 0 Å².